The van der Waals surface area contributed by atoms with E-state index in [2.05, 4.69) is 20.6 Å². The molecule has 1 aromatic rings. The highest BCUT2D eigenvalue weighted by molar-refractivity contribution is 8.03. The van der Waals surface area contributed by atoms with E-state index in [9.17, 15) is 9.59 Å². The van der Waals surface area contributed by atoms with Gasteiger partial charge in [-0.2, -0.15) is 0 Å². The van der Waals surface area contributed by atoms with Crippen LogP contribution in [0.2, 0.25) is 0 Å². The van der Waals surface area contributed by atoms with Crippen molar-refractivity contribution in [3.63, 3.8) is 0 Å². The summed E-state index contributed by atoms with van der Waals surface area (Å²) in [4.78, 5) is 31.1. The molecular formula is C15H21N5O2S. The van der Waals surface area contributed by atoms with Crippen molar-refractivity contribution in [2.75, 3.05) is 11.6 Å². The van der Waals surface area contributed by atoms with E-state index in [1.165, 1.54) is 11.8 Å². The van der Waals surface area contributed by atoms with Crippen LogP contribution in [0.5, 0.6) is 0 Å². The number of nitrogens with zero attached hydrogens (tertiary/aromatic N) is 2. The van der Waals surface area contributed by atoms with Gasteiger partial charge < -0.3 is 11.1 Å². The standard InChI is InChI=1S/C15H21N5O2S/c1-23-13(14(22)18-9-21)8-12-6-7-17-15(20-12)19-11-4-2-10(16)3-5-11/h6-11H,2-5,16H2,1H3,(H,17,19,20)(H,18,21,22)/b13-8-. The van der Waals surface area contributed by atoms with Gasteiger partial charge >= 0.3 is 0 Å². The average Bonchev–Trinajstić information content (AvgIpc) is 2.55. The van der Waals surface area contributed by atoms with Crippen LogP contribution in [0.15, 0.2) is 17.2 Å². The van der Waals surface area contributed by atoms with Gasteiger partial charge in [-0.15, -0.1) is 11.8 Å². The molecule has 1 heterocycles. The lowest BCUT2D eigenvalue weighted by molar-refractivity contribution is -0.121. The largest absolute Gasteiger partial charge is 0.351 e. The molecule has 4 N–H and O–H groups in total. The summed E-state index contributed by atoms with van der Waals surface area (Å²) in [5, 5.41) is 5.44. The first-order chi connectivity index (χ1) is 11.1. The SMILES string of the molecule is CS/C(=C\c1ccnc(NC2CCC(N)CC2)n1)C(=O)NC=O. The fourth-order valence-corrected chi connectivity index (χ4v) is 2.93. The number of aromatic nitrogens is 2. The van der Waals surface area contributed by atoms with Gasteiger partial charge in [-0.25, -0.2) is 9.97 Å². The van der Waals surface area contributed by atoms with Crippen molar-refractivity contribution < 1.29 is 9.59 Å². The zero-order valence-corrected chi connectivity index (χ0v) is 13.8. The Balaban J connectivity index is 2.06. The summed E-state index contributed by atoms with van der Waals surface area (Å²) >= 11 is 1.25. The second-order valence-electron chi connectivity index (χ2n) is 5.37. The van der Waals surface area contributed by atoms with Crippen molar-refractivity contribution in [2.45, 2.75) is 37.8 Å². The van der Waals surface area contributed by atoms with Gasteiger partial charge in [0.25, 0.3) is 5.91 Å². The summed E-state index contributed by atoms with van der Waals surface area (Å²) in [5.41, 5.74) is 6.52. The van der Waals surface area contributed by atoms with Crippen LogP contribution in [-0.2, 0) is 9.59 Å². The van der Waals surface area contributed by atoms with Crippen molar-refractivity contribution in [3.8, 4) is 0 Å². The Morgan fingerprint density at radius 3 is 2.78 bits per heavy atom. The zero-order valence-electron chi connectivity index (χ0n) is 13.0. The van der Waals surface area contributed by atoms with E-state index in [1.807, 2.05) is 0 Å². The highest BCUT2D eigenvalue weighted by atomic mass is 32.2. The van der Waals surface area contributed by atoms with Crippen molar-refractivity contribution in [1.29, 1.82) is 0 Å². The average molecular weight is 335 g/mol. The van der Waals surface area contributed by atoms with Gasteiger partial charge in [0.15, 0.2) is 0 Å². The molecule has 0 radical (unpaired) electrons. The minimum absolute atomic E-state index is 0.295. The summed E-state index contributed by atoms with van der Waals surface area (Å²) in [6, 6.07) is 2.34. The monoisotopic (exact) mass is 335 g/mol. The van der Waals surface area contributed by atoms with Gasteiger partial charge in [0.05, 0.1) is 10.6 Å². The molecule has 0 saturated heterocycles. The second-order valence-corrected chi connectivity index (χ2v) is 6.21. The number of nitrogens with two attached hydrogens (primary N) is 1. The third-order valence-corrected chi connectivity index (χ3v) is 4.44. The Morgan fingerprint density at radius 2 is 2.13 bits per heavy atom. The van der Waals surface area contributed by atoms with E-state index in [0.717, 1.165) is 25.7 Å². The molecule has 0 unspecified atom stereocenters. The molecule has 8 heteroatoms. The van der Waals surface area contributed by atoms with Crippen LogP contribution in [0, 0.1) is 0 Å². The molecule has 2 rings (SSSR count). The van der Waals surface area contributed by atoms with Crippen LogP contribution in [0.25, 0.3) is 6.08 Å². The van der Waals surface area contributed by atoms with Crippen molar-refractivity contribution in [3.05, 3.63) is 22.9 Å². The molecule has 0 spiro atoms. The van der Waals surface area contributed by atoms with Gasteiger partial charge in [0, 0.05) is 18.3 Å². The molecular weight excluding hydrogens is 314 g/mol. The number of carbonyl (C=O) groups is 2. The number of carbonyl (C=O) groups excluding carboxylic acids is 2. The number of hydrogen-bond acceptors (Lipinski definition) is 7. The number of imide groups is 1. The number of rotatable bonds is 6. The van der Waals surface area contributed by atoms with Gasteiger partial charge in [0.2, 0.25) is 12.4 Å². The maximum Gasteiger partial charge on any atom is 0.264 e. The maximum atomic E-state index is 11.7. The van der Waals surface area contributed by atoms with Crippen LogP contribution in [0.4, 0.5) is 5.95 Å². The summed E-state index contributed by atoms with van der Waals surface area (Å²) in [5.74, 6) is 0.0948. The van der Waals surface area contributed by atoms with Crippen LogP contribution in [0.3, 0.4) is 0 Å². The minimum Gasteiger partial charge on any atom is -0.351 e. The highest BCUT2D eigenvalue weighted by Gasteiger charge is 2.19. The molecule has 23 heavy (non-hydrogen) atoms. The second kappa shape index (κ2) is 8.64. The van der Waals surface area contributed by atoms with Crippen molar-refractivity contribution in [2.24, 2.45) is 5.73 Å². The van der Waals surface area contributed by atoms with Gasteiger partial charge in [-0.1, -0.05) is 0 Å². The smallest absolute Gasteiger partial charge is 0.264 e. The van der Waals surface area contributed by atoms with E-state index in [4.69, 9.17) is 5.73 Å². The minimum atomic E-state index is -0.443. The first-order valence-electron chi connectivity index (χ1n) is 7.47. The number of anilines is 1. The van der Waals surface area contributed by atoms with Crippen LogP contribution in [0.1, 0.15) is 31.4 Å². The fourth-order valence-electron chi connectivity index (χ4n) is 2.44. The summed E-state index contributed by atoms with van der Waals surface area (Å²) in [6.07, 6.45) is 9.41. The first-order valence-corrected chi connectivity index (χ1v) is 8.70. The number of amides is 2. The molecule has 1 saturated carbocycles. The molecule has 124 valence electrons. The number of hydrogen-bond donors (Lipinski definition) is 3. The van der Waals surface area contributed by atoms with Crippen molar-refractivity contribution in [1.82, 2.24) is 15.3 Å². The molecule has 0 bridgehead atoms. The van der Waals surface area contributed by atoms with Gasteiger partial charge in [-0.05, 0) is 44.1 Å². The summed E-state index contributed by atoms with van der Waals surface area (Å²) in [7, 11) is 0. The first kappa shape index (κ1) is 17.4. The van der Waals surface area contributed by atoms with E-state index >= 15 is 0 Å². The summed E-state index contributed by atoms with van der Waals surface area (Å²) < 4.78 is 0. The molecule has 0 aliphatic heterocycles. The third kappa shape index (κ3) is 5.33. The lowest BCUT2D eigenvalue weighted by Crippen LogP contribution is -2.33. The Bertz CT molecular complexity index is 585. The molecule has 7 nitrogen and oxygen atoms in total. The maximum absolute atomic E-state index is 11.7. The topological polar surface area (TPSA) is 110 Å². The summed E-state index contributed by atoms with van der Waals surface area (Å²) in [6.45, 7) is 0. The molecule has 0 aromatic carbocycles. The lowest BCUT2D eigenvalue weighted by Gasteiger charge is -2.26. The predicted molar refractivity (Wildman–Crippen MR) is 91.6 cm³/mol. The Kier molecular flexibility index (Phi) is 6.54. The lowest BCUT2D eigenvalue weighted by atomic mass is 9.92. The Hall–Kier alpha value is -1.93. The van der Waals surface area contributed by atoms with E-state index in [1.54, 1.807) is 24.6 Å². The quantitative estimate of drug-likeness (QED) is 0.528. The number of thioether (sulfide) groups is 1. The third-order valence-electron chi connectivity index (χ3n) is 3.69. The molecule has 1 aromatic heterocycles. The van der Waals surface area contributed by atoms with E-state index in [0.29, 0.717) is 35.0 Å². The molecule has 1 fully saturated rings. The molecule has 0 atom stereocenters. The Morgan fingerprint density at radius 1 is 1.39 bits per heavy atom. The van der Waals surface area contributed by atoms with Gasteiger partial charge in [-0.3, -0.25) is 14.9 Å². The predicted octanol–water partition coefficient (Wildman–Crippen LogP) is 1.13. The zero-order chi connectivity index (χ0) is 16.7. The van der Waals surface area contributed by atoms with Crippen LogP contribution >= 0.6 is 11.8 Å². The van der Waals surface area contributed by atoms with Crippen LogP contribution in [-0.4, -0.2) is 40.6 Å². The Labute approximate surface area is 139 Å². The normalized spacial score (nSPS) is 21.6. The molecule has 1 aliphatic rings. The van der Waals surface area contributed by atoms with Crippen LogP contribution < -0.4 is 16.4 Å². The van der Waals surface area contributed by atoms with E-state index in [-0.39, 0.29) is 0 Å². The van der Waals surface area contributed by atoms with Crippen molar-refractivity contribution >= 4 is 36.1 Å². The molecule has 2 amide bonds. The fraction of sp³-hybridized carbons (Fsp3) is 0.467. The highest BCUT2D eigenvalue weighted by Crippen LogP contribution is 2.20. The molecule has 1 aliphatic carbocycles. The van der Waals surface area contributed by atoms with E-state index < -0.39 is 5.91 Å². The van der Waals surface area contributed by atoms with Gasteiger partial charge in [0.1, 0.15) is 0 Å². The number of nitrogens with one attached hydrogen (secondary N) is 2.